The fourth-order valence-electron chi connectivity index (χ4n) is 2.40. The molecule has 0 saturated carbocycles. The lowest BCUT2D eigenvalue weighted by atomic mass is 10.3. The molecule has 0 unspecified atom stereocenters. The van der Waals surface area contributed by atoms with Crippen LogP contribution in [0.5, 0.6) is 0 Å². The standard InChI is InChI=1S/C15H10N10S2/c1-25-15(22-23-24-25)26-10-5-4-8-11(20-10)12(18-7-17-8)21-14-19-9-3-2-6-16-13(9)27-14/h2-7H,1H3,(H,17,18,19,21). The van der Waals surface area contributed by atoms with Gasteiger partial charge in [0.05, 0.1) is 5.52 Å². The predicted molar refractivity (Wildman–Crippen MR) is 101 cm³/mol. The smallest absolute Gasteiger partial charge is 0.215 e. The highest BCUT2D eigenvalue weighted by atomic mass is 32.2. The molecule has 0 atom stereocenters. The van der Waals surface area contributed by atoms with E-state index in [2.05, 4.69) is 45.8 Å². The summed E-state index contributed by atoms with van der Waals surface area (Å²) in [5.41, 5.74) is 2.21. The summed E-state index contributed by atoms with van der Waals surface area (Å²) in [6.07, 6.45) is 3.24. The van der Waals surface area contributed by atoms with Gasteiger partial charge in [-0.2, -0.15) is 0 Å². The van der Waals surface area contributed by atoms with E-state index in [0.717, 1.165) is 20.9 Å². The van der Waals surface area contributed by atoms with Crippen LogP contribution in [0.4, 0.5) is 10.9 Å². The Morgan fingerprint density at radius 3 is 2.89 bits per heavy atom. The molecule has 0 aromatic carbocycles. The summed E-state index contributed by atoms with van der Waals surface area (Å²) in [7, 11) is 1.78. The first-order chi connectivity index (χ1) is 13.3. The lowest BCUT2D eigenvalue weighted by molar-refractivity contribution is 0.664. The number of hydrogen-bond acceptors (Lipinski definition) is 11. The maximum absolute atomic E-state index is 4.67. The highest BCUT2D eigenvalue weighted by Gasteiger charge is 2.12. The van der Waals surface area contributed by atoms with Crippen molar-refractivity contribution in [3.8, 4) is 0 Å². The summed E-state index contributed by atoms with van der Waals surface area (Å²) in [4.78, 5) is 23.0. The monoisotopic (exact) mass is 394 g/mol. The minimum Gasteiger partial charge on any atom is -0.314 e. The van der Waals surface area contributed by atoms with Crippen molar-refractivity contribution in [2.24, 2.45) is 7.05 Å². The van der Waals surface area contributed by atoms with Gasteiger partial charge >= 0.3 is 0 Å². The van der Waals surface area contributed by atoms with E-state index in [0.29, 0.717) is 21.6 Å². The van der Waals surface area contributed by atoms with Crippen LogP contribution >= 0.6 is 23.1 Å². The number of thiazole rings is 1. The first-order valence-corrected chi connectivity index (χ1v) is 9.40. The highest BCUT2D eigenvalue weighted by molar-refractivity contribution is 7.99. The summed E-state index contributed by atoms with van der Waals surface area (Å²) in [6, 6.07) is 7.55. The summed E-state index contributed by atoms with van der Waals surface area (Å²) in [5.74, 6) is 0.581. The molecule has 5 aromatic heterocycles. The molecule has 12 heteroatoms. The zero-order chi connectivity index (χ0) is 18.2. The molecule has 0 aliphatic heterocycles. The van der Waals surface area contributed by atoms with Crippen LogP contribution in [0.15, 0.2) is 47.0 Å². The van der Waals surface area contributed by atoms with Crippen LogP contribution in [-0.4, -0.2) is 45.1 Å². The van der Waals surface area contributed by atoms with Gasteiger partial charge in [-0.15, -0.1) is 5.10 Å². The molecule has 10 nitrogen and oxygen atoms in total. The molecule has 0 saturated heterocycles. The minimum atomic E-state index is 0.581. The fraction of sp³-hybridized carbons (Fsp3) is 0.0667. The van der Waals surface area contributed by atoms with Crippen LogP contribution in [-0.2, 0) is 7.05 Å². The lowest BCUT2D eigenvalue weighted by Gasteiger charge is -2.06. The summed E-state index contributed by atoms with van der Waals surface area (Å²) < 4.78 is 1.59. The zero-order valence-electron chi connectivity index (χ0n) is 13.8. The lowest BCUT2D eigenvalue weighted by Crippen LogP contribution is -1.98. The average Bonchev–Trinajstić information content (AvgIpc) is 3.28. The van der Waals surface area contributed by atoms with Crippen LogP contribution < -0.4 is 5.32 Å². The molecule has 0 aliphatic rings. The summed E-state index contributed by atoms with van der Waals surface area (Å²) >= 11 is 2.82. The Morgan fingerprint density at radius 1 is 1.07 bits per heavy atom. The molecule has 0 spiro atoms. The van der Waals surface area contributed by atoms with E-state index in [9.17, 15) is 0 Å². The molecule has 5 aromatic rings. The third kappa shape index (κ3) is 3.04. The van der Waals surface area contributed by atoms with Gasteiger partial charge in [-0.25, -0.2) is 29.6 Å². The van der Waals surface area contributed by atoms with Gasteiger partial charge in [-0.1, -0.05) is 11.3 Å². The minimum absolute atomic E-state index is 0.581. The van der Waals surface area contributed by atoms with Crippen LogP contribution in [0.1, 0.15) is 0 Å². The van der Waals surface area contributed by atoms with Crippen molar-refractivity contribution in [1.82, 2.24) is 45.1 Å². The Labute approximate surface area is 160 Å². The molecule has 1 N–H and O–H groups in total. The number of fused-ring (bicyclic) bond motifs is 2. The highest BCUT2D eigenvalue weighted by Crippen LogP contribution is 2.30. The topological polar surface area (TPSA) is 120 Å². The Morgan fingerprint density at radius 2 is 2.04 bits per heavy atom. The Bertz CT molecular complexity index is 1230. The van der Waals surface area contributed by atoms with E-state index < -0.39 is 0 Å². The van der Waals surface area contributed by atoms with Gasteiger partial charge in [-0.05, 0) is 46.5 Å². The molecular formula is C15H10N10S2. The van der Waals surface area contributed by atoms with Gasteiger partial charge in [0.2, 0.25) is 5.16 Å². The Kier molecular flexibility index (Phi) is 3.83. The van der Waals surface area contributed by atoms with Gasteiger partial charge in [0, 0.05) is 13.2 Å². The molecule has 0 fully saturated rings. The molecule has 0 aliphatic carbocycles. The van der Waals surface area contributed by atoms with E-state index in [1.165, 1.54) is 29.4 Å². The van der Waals surface area contributed by atoms with E-state index >= 15 is 0 Å². The quantitative estimate of drug-likeness (QED) is 0.486. The van der Waals surface area contributed by atoms with Gasteiger partial charge < -0.3 is 5.32 Å². The van der Waals surface area contributed by atoms with Gasteiger partial charge in [0.25, 0.3) is 0 Å². The summed E-state index contributed by atoms with van der Waals surface area (Å²) in [5, 5.41) is 16.7. The maximum Gasteiger partial charge on any atom is 0.215 e. The van der Waals surface area contributed by atoms with Crippen molar-refractivity contribution in [3.05, 3.63) is 36.8 Å². The molecule has 0 radical (unpaired) electrons. The van der Waals surface area contributed by atoms with E-state index in [-0.39, 0.29) is 0 Å². The Balaban J connectivity index is 1.53. The Hall–Kier alpha value is -3.25. The number of rotatable bonds is 4. The molecule has 132 valence electrons. The fourth-order valence-corrected chi connectivity index (χ4v) is 3.91. The SMILES string of the molecule is Cn1nnnc1Sc1ccc2ncnc(Nc3nc4cccnc4s3)c2n1. The van der Waals surface area contributed by atoms with Gasteiger partial charge in [-0.3, -0.25) is 0 Å². The normalized spacial score (nSPS) is 11.3. The van der Waals surface area contributed by atoms with Gasteiger partial charge in [0.1, 0.15) is 27.2 Å². The number of tetrazole rings is 1. The molecule has 5 rings (SSSR count). The predicted octanol–water partition coefficient (Wildman–Crippen LogP) is 2.45. The van der Waals surface area contributed by atoms with Crippen LogP contribution in [0, 0.1) is 0 Å². The zero-order valence-corrected chi connectivity index (χ0v) is 15.4. The maximum atomic E-state index is 4.67. The van der Waals surface area contributed by atoms with Crippen LogP contribution in [0.2, 0.25) is 0 Å². The largest absolute Gasteiger partial charge is 0.314 e. The first-order valence-electron chi connectivity index (χ1n) is 7.77. The second-order valence-corrected chi connectivity index (χ2v) is 7.36. The van der Waals surface area contributed by atoms with Crippen molar-refractivity contribution < 1.29 is 0 Å². The average molecular weight is 394 g/mol. The number of aromatic nitrogens is 9. The molecule has 0 amide bonds. The molecular weight excluding hydrogens is 384 g/mol. The number of nitrogens with one attached hydrogen (secondary N) is 1. The van der Waals surface area contributed by atoms with E-state index in [1.54, 1.807) is 17.9 Å². The third-order valence-electron chi connectivity index (χ3n) is 3.63. The second kappa shape index (κ2) is 6.48. The molecule has 5 heterocycles. The van der Waals surface area contributed by atoms with E-state index in [1.807, 2.05) is 24.3 Å². The van der Waals surface area contributed by atoms with Gasteiger partial charge in [0.15, 0.2) is 10.9 Å². The van der Waals surface area contributed by atoms with E-state index in [4.69, 9.17) is 0 Å². The van der Waals surface area contributed by atoms with Crippen molar-refractivity contribution in [1.29, 1.82) is 0 Å². The van der Waals surface area contributed by atoms with Crippen molar-refractivity contribution in [3.63, 3.8) is 0 Å². The molecule has 27 heavy (non-hydrogen) atoms. The number of pyridine rings is 2. The summed E-state index contributed by atoms with van der Waals surface area (Å²) in [6.45, 7) is 0. The number of nitrogens with zero attached hydrogens (tertiary/aromatic N) is 9. The third-order valence-corrected chi connectivity index (χ3v) is 5.48. The number of hydrogen-bond donors (Lipinski definition) is 1. The molecule has 0 bridgehead atoms. The number of anilines is 2. The van der Waals surface area contributed by atoms with Crippen LogP contribution in [0.25, 0.3) is 21.4 Å². The first kappa shape index (κ1) is 16.0. The van der Waals surface area contributed by atoms with Crippen molar-refractivity contribution >= 4 is 55.4 Å². The number of aryl methyl sites for hydroxylation is 1. The second-order valence-electron chi connectivity index (χ2n) is 5.40. The van der Waals surface area contributed by atoms with Crippen LogP contribution in [0.3, 0.4) is 0 Å². The van der Waals surface area contributed by atoms with Crippen molar-refractivity contribution in [2.45, 2.75) is 10.2 Å². The van der Waals surface area contributed by atoms with Crippen molar-refractivity contribution in [2.75, 3.05) is 5.32 Å².